The van der Waals surface area contributed by atoms with Gasteiger partial charge in [-0.15, -0.1) is 12.4 Å². The molecular weight excluding hydrogens is 333 g/mol. The van der Waals surface area contributed by atoms with Crippen molar-refractivity contribution in [2.45, 2.75) is 39.5 Å². The molecule has 0 aromatic heterocycles. The predicted octanol–water partition coefficient (Wildman–Crippen LogP) is 3.08. The Balaban J connectivity index is 0.00000288. The molecule has 1 aliphatic rings. The van der Waals surface area contributed by atoms with E-state index in [1.54, 1.807) is 6.07 Å². The summed E-state index contributed by atoms with van der Waals surface area (Å²) in [6, 6.07) is 4.41. The van der Waals surface area contributed by atoms with Gasteiger partial charge in [0.2, 0.25) is 11.8 Å². The first-order valence-corrected chi connectivity index (χ1v) is 8.09. The van der Waals surface area contributed by atoms with Crippen LogP contribution >= 0.6 is 12.4 Å². The van der Waals surface area contributed by atoms with Crippen molar-refractivity contribution in [3.63, 3.8) is 0 Å². The van der Waals surface area contributed by atoms with Crippen LogP contribution in [0, 0.1) is 11.2 Å². The van der Waals surface area contributed by atoms with Gasteiger partial charge in [0, 0.05) is 25.2 Å². The molecule has 2 rings (SSSR count). The van der Waals surface area contributed by atoms with Gasteiger partial charge in [-0.05, 0) is 37.5 Å². The molecule has 1 heterocycles. The molecule has 0 bridgehead atoms. The summed E-state index contributed by atoms with van der Waals surface area (Å²) in [6.45, 7) is 4.61. The van der Waals surface area contributed by atoms with Crippen LogP contribution in [0.3, 0.4) is 0 Å². The first-order chi connectivity index (χ1) is 11.0. The van der Waals surface area contributed by atoms with E-state index >= 15 is 0 Å². The molecule has 1 fully saturated rings. The molecule has 1 saturated heterocycles. The molecule has 7 heteroatoms. The van der Waals surface area contributed by atoms with Crippen molar-refractivity contribution in [2.24, 2.45) is 11.1 Å². The standard InChI is InChI=1S/C17H24FN3O2.ClH/c1-3-17(4-2,11-19)16(23)20-12-7-8-14(13(18)10-12)21-9-5-6-15(21)22;/h7-8,10H,3-6,9,11,19H2,1-2H3,(H,20,23);1H. The molecule has 0 aliphatic carbocycles. The lowest BCUT2D eigenvalue weighted by molar-refractivity contribution is -0.125. The van der Waals surface area contributed by atoms with E-state index in [9.17, 15) is 14.0 Å². The Morgan fingerprint density at radius 2 is 2.04 bits per heavy atom. The molecule has 0 unspecified atom stereocenters. The molecule has 1 aromatic rings. The second-order valence-electron chi connectivity index (χ2n) is 5.96. The van der Waals surface area contributed by atoms with Crippen LogP contribution in [0.25, 0.3) is 0 Å². The maximum atomic E-state index is 14.3. The van der Waals surface area contributed by atoms with Crippen LogP contribution in [0.4, 0.5) is 15.8 Å². The van der Waals surface area contributed by atoms with Crippen LogP contribution in [0.2, 0.25) is 0 Å². The van der Waals surface area contributed by atoms with Gasteiger partial charge < -0.3 is 16.0 Å². The Kier molecular flexibility index (Phi) is 7.17. The average molecular weight is 358 g/mol. The highest BCUT2D eigenvalue weighted by molar-refractivity contribution is 5.97. The Labute approximate surface area is 148 Å². The molecular formula is C17H25ClFN3O2. The Hall–Kier alpha value is -1.66. The van der Waals surface area contributed by atoms with Crippen molar-refractivity contribution in [2.75, 3.05) is 23.3 Å². The van der Waals surface area contributed by atoms with Crippen molar-refractivity contribution in [1.82, 2.24) is 0 Å². The summed E-state index contributed by atoms with van der Waals surface area (Å²) in [5.41, 5.74) is 5.76. The van der Waals surface area contributed by atoms with Crippen LogP contribution in [-0.4, -0.2) is 24.9 Å². The lowest BCUT2D eigenvalue weighted by atomic mass is 9.81. The van der Waals surface area contributed by atoms with Crippen molar-refractivity contribution in [1.29, 1.82) is 0 Å². The maximum Gasteiger partial charge on any atom is 0.231 e. The van der Waals surface area contributed by atoms with Gasteiger partial charge in [0.1, 0.15) is 5.82 Å². The summed E-state index contributed by atoms with van der Waals surface area (Å²) in [7, 11) is 0. The highest BCUT2D eigenvalue weighted by Gasteiger charge is 2.33. The highest BCUT2D eigenvalue weighted by Crippen LogP contribution is 2.29. The van der Waals surface area contributed by atoms with Gasteiger partial charge in [0.05, 0.1) is 11.1 Å². The third-order valence-electron chi connectivity index (χ3n) is 4.80. The summed E-state index contributed by atoms with van der Waals surface area (Å²) in [5.74, 6) is -0.779. The fourth-order valence-electron chi connectivity index (χ4n) is 2.92. The minimum atomic E-state index is -0.639. The van der Waals surface area contributed by atoms with E-state index in [1.165, 1.54) is 17.0 Å². The summed E-state index contributed by atoms with van der Waals surface area (Å²) in [6.07, 6.45) is 2.43. The summed E-state index contributed by atoms with van der Waals surface area (Å²) in [5, 5.41) is 2.74. The zero-order valence-corrected chi connectivity index (χ0v) is 14.9. The lowest BCUT2D eigenvalue weighted by Crippen LogP contribution is -2.41. The monoisotopic (exact) mass is 357 g/mol. The number of halogens is 2. The number of hydrogen-bond donors (Lipinski definition) is 2. The Morgan fingerprint density at radius 3 is 2.50 bits per heavy atom. The van der Waals surface area contributed by atoms with Crippen LogP contribution in [0.15, 0.2) is 18.2 Å². The smallest absolute Gasteiger partial charge is 0.231 e. The first kappa shape index (κ1) is 20.4. The minimum Gasteiger partial charge on any atom is -0.329 e. The Morgan fingerprint density at radius 1 is 1.38 bits per heavy atom. The third kappa shape index (κ3) is 3.87. The van der Waals surface area contributed by atoms with Gasteiger partial charge in [0.25, 0.3) is 0 Å². The molecule has 0 spiro atoms. The molecule has 0 radical (unpaired) electrons. The molecule has 0 saturated carbocycles. The quantitative estimate of drug-likeness (QED) is 0.821. The van der Waals surface area contributed by atoms with Crippen LogP contribution in [0.1, 0.15) is 39.5 Å². The molecule has 1 aliphatic heterocycles. The number of anilines is 2. The number of amides is 2. The van der Waals surface area contributed by atoms with Gasteiger partial charge in [0.15, 0.2) is 0 Å². The van der Waals surface area contributed by atoms with E-state index in [-0.39, 0.29) is 36.5 Å². The van der Waals surface area contributed by atoms with E-state index in [2.05, 4.69) is 5.32 Å². The number of carbonyl (C=O) groups excluding carboxylic acids is 2. The van der Waals surface area contributed by atoms with Crippen LogP contribution in [0.5, 0.6) is 0 Å². The Bertz CT molecular complexity index is 597. The van der Waals surface area contributed by atoms with E-state index < -0.39 is 11.2 Å². The number of benzene rings is 1. The van der Waals surface area contributed by atoms with Crippen molar-refractivity contribution in [3.05, 3.63) is 24.0 Å². The van der Waals surface area contributed by atoms with Crippen LogP contribution in [-0.2, 0) is 9.59 Å². The fourth-order valence-corrected chi connectivity index (χ4v) is 2.92. The number of hydrogen-bond acceptors (Lipinski definition) is 3. The SMILES string of the molecule is CCC(CC)(CN)C(=O)Nc1ccc(N2CCCC2=O)c(F)c1.Cl. The lowest BCUT2D eigenvalue weighted by Gasteiger charge is -2.28. The molecule has 3 N–H and O–H groups in total. The largest absolute Gasteiger partial charge is 0.329 e. The third-order valence-corrected chi connectivity index (χ3v) is 4.80. The average Bonchev–Trinajstić information content (AvgIpc) is 2.96. The summed E-state index contributed by atoms with van der Waals surface area (Å²) >= 11 is 0. The second kappa shape index (κ2) is 8.44. The zero-order chi connectivity index (χ0) is 17.0. The van der Waals surface area contributed by atoms with Gasteiger partial charge in [-0.2, -0.15) is 0 Å². The van der Waals surface area contributed by atoms with E-state index in [1.807, 2.05) is 13.8 Å². The van der Waals surface area contributed by atoms with Gasteiger partial charge in [-0.3, -0.25) is 9.59 Å². The number of carbonyl (C=O) groups is 2. The number of rotatable bonds is 6. The van der Waals surface area contributed by atoms with Crippen molar-refractivity contribution < 1.29 is 14.0 Å². The first-order valence-electron chi connectivity index (χ1n) is 8.09. The molecule has 134 valence electrons. The zero-order valence-electron chi connectivity index (χ0n) is 14.1. The van der Waals surface area contributed by atoms with Crippen molar-refractivity contribution in [3.8, 4) is 0 Å². The maximum absolute atomic E-state index is 14.3. The number of nitrogens with one attached hydrogen (secondary N) is 1. The number of nitrogens with zero attached hydrogens (tertiary/aromatic N) is 1. The molecule has 1 aromatic carbocycles. The topological polar surface area (TPSA) is 75.4 Å². The fraction of sp³-hybridized carbons (Fsp3) is 0.529. The summed E-state index contributed by atoms with van der Waals surface area (Å²) < 4.78 is 14.3. The van der Waals surface area contributed by atoms with Crippen molar-refractivity contribution >= 4 is 35.6 Å². The van der Waals surface area contributed by atoms with E-state index in [0.717, 1.165) is 6.42 Å². The highest BCUT2D eigenvalue weighted by atomic mass is 35.5. The van der Waals surface area contributed by atoms with E-state index in [0.29, 0.717) is 31.5 Å². The second-order valence-corrected chi connectivity index (χ2v) is 5.96. The molecule has 2 amide bonds. The van der Waals surface area contributed by atoms with Gasteiger partial charge >= 0.3 is 0 Å². The normalized spacial score (nSPS) is 14.5. The van der Waals surface area contributed by atoms with Crippen LogP contribution < -0.4 is 16.0 Å². The van der Waals surface area contributed by atoms with E-state index in [4.69, 9.17) is 5.73 Å². The molecule has 24 heavy (non-hydrogen) atoms. The minimum absolute atomic E-state index is 0. The number of nitrogens with two attached hydrogens (primary N) is 1. The van der Waals surface area contributed by atoms with Gasteiger partial charge in [-0.1, -0.05) is 13.8 Å². The van der Waals surface area contributed by atoms with Gasteiger partial charge in [-0.25, -0.2) is 4.39 Å². The molecule has 5 nitrogen and oxygen atoms in total. The summed E-state index contributed by atoms with van der Waals surface area (Å²) in [4.78, 5) is 25.6. The molecule has 0 atom stereocenters. The predicted molar refractivity (Wildman–Crippen MR) is 95.9 cm³/mol.